The van der Waals surface area contributed by atoms with Crippen molar-refractivity contribution >= 4 is 11.7 Å². The Morgan fingerprint density at radius 2 is 1.67 bits per heavy atom. The summed E-state index contributed by atoms with van der Waals surface area (Å²) < 4.78 is 16.0. The van der Waals surface area contributed by atoms with Crippen molar-refractivity contribution in [1.29, 1.82) is 0 Å². The third kappa shape index (κ3) is 8.06. The summed E-state index contributed by atoms with van der Waals surface area (Å²) in [5.41, 5.74) is 1.22. The third-order valence-corrected chi connectivity index (χ3v) is 2.44. The maximum Gasteiger partial charge on any atom is 0.335 e. The summed E-state index contributed by atoms with van der Waals surface area (Å²) in [7, 11) is 0. The van der Waals surface area contributed by atoms with Crippen LogP contribution < -0.4 is 4.74 Å². The van der Waals surface area contributed by atoms with E-state index in [1.165, 1.54) is 12.1 Å². The Morgan fingerprint density at radius 3 is 2.29 bits per heavy atom. The molecular formula is C15H21NO5. The zero-order chi connectivity index (χ0) is 15.5. The van der Waals surface area contributed by atoms with E-state index in [0.717, 1.165) is 5.71 Å². The molecule has 1 aromatic carbocycles. The maximum atomic E-state index is 10.7. The minimum Gasteiger partial charge on any atom is -0.491 e. The van der Waals surface area contributed by atoms with Crippen molar-refractivity contribution in [3.63, 3.8) is 0 Å². The van der Waals surface area contributed by atoms with Gasteiger partial charge in [-0.2, -0.15) is 0 Å². The van der Waals surface area contributed by atoms with Gasteiger partial charge >= 0.3 is 5.97 Å². The number of rotatable bonds is 10. The first kappa shape index (κ1) is 17.1. The lowest BCUT2D eigenvalue weighted by molar-refractivity contribution is 0.0388. The first-order valence-electron chi connectivity index (χ1n) is 6.69. The molecule has 0 radical (unpaired) electrons. The lowest BCUT2D eigenvalue weighted by Gasteiger charge is -2.07. The number of hydrogen-bond donors (Lipinski definition) is 1. The molecular weight excluding hydrogens is 274 g/mol. The number of nitrogens with zero attached hydrogens (tertiary/aromatic N) is 1. The summed E-state index contributed by atoms with van der Waals surface area (Å²) in [6.07, 6.45) is 0. The summed E-state index contributed by atoms with van der Waals surface area (Å²) in [4.78, 5) is 14.8. The lowest BCUT2D eigenvalue weighted by Crippen LogP contribution is -2.11. The molecule has 0 fully saturated rings. The molecule has 1 rings (SSSR count). The molecule has 0 spiro atoms. The molecule has 1 N–H and O–H groups in total. The van der Waals surface area contributed by atoms with Gasteiger partial charge in [-0.3, -0.25) is 4.99 Å². The maximum absolute atomic E-state index is 10.7. The van der Waals surface area contributed by atoms with Gasteiger partial charge in [-0.05, 0) is 38.1 Å². The molecule has 0 heterocycles. The van der Waals surface area contributed by atoms with Gasteiger partial charge in [0.2, 0.25) is 0 Å². The molecule has 0 atom stereocenters. The molecule has 21 heavy (non-hydrogen) atoms. The fraction of sp³-hybridized carbons (Fsp3) is 0.467. The molecule has 0 unspecified atom stereocenters. The topological polar surface area (TPSA) is 77.3 Å². The molecule has 0 aliphatic heterocycles. The predicted octanol–water partition coefficient (Wildman–Crippen LogP) is 2.24. The van der Waals surface area contributed by atoms with Gasteiger partial charge in [-0.1, -0.05) is 0 Å². The van der Waals surface area contributed by atoms with E-state index < -0.39 is 5.97 Å². The van der Waals surface area contributed by atoms with E-state index in [0.29, 0.717) is 38.9 Å². The van der Waals surface area contributed by atoms with Crippen LogP contribution in [0, 0.1) is 0 Å². The van der Waals surface area contributed by atoms with Crippen LogP contribution >= 0.6 is 0 Å². The first-order valence-corrected chi connectivity index (χ1v) is 6.69. The molecule has 0 amide bonds. The average Bonchev–Trinajstić information content (AvgIpc) is 2.45. The highest BCUT2D eigenvalue weighted by atomic mass is 16.5. The van der Waals surface area contributed by atoms with Crippen molar-refractivity contribution in [1.82, 2.24) is 0 Å². The molecule has 6 heteroatoms. The fourth-order valence-corrected chi connectivity index (χ4v) is 1.37. The van der Waals surface area contributed by atoms with Gasteiger partial charge in [0.25, 0.3) is 0 Å². The van der Waals surface area contributed by atoms with Crippen molar-refractivity contribution < 1.29 is 24.1 Å². The van der Waals surface area contributed by atoms with Gasteiger partial charge in [0.05, 0.1) is 25.4 Å². The SMILES string of the molecule is CC(C)=NCOCCOCCOc1ccc(C(=O)O)cc1. The number of carbonyl (C=O) groups is 1. The third-order valence-electron chi connectivity index (χ3n) is 2.44. The van der Waals surface area contributed by atoms with Crippen LogP contribution in [0.5, 0.6) is 5.75 Å². The Kier molecular flexibility index (Phi) is 8.08. The molecule has 6 nitrogen and oxygen atoms in total. The summed E-state index contributed by atoms with van der Waals surface area (Å²) in [5, 5.41) is 8.76. The van der Waals surface area contributed by atoms with Gasteiger partial charge in [-0.15, -0.1) is 0 Å². The van der Waals surface area contributed by atoms with E-state index >= 15 is 0 Å². The Balaban J connectivity index is 2.04. The summed E-state index contributed by atoms with van der Waals surface area (Å²) >= 11 is 0. The molecule has 1 aromatic rings. The van der Waals surface area contributed by atoms with E-state index in [-0.39, 0.29) is 5.56 Å². The van der Waals surface area contributed by atoms with Crippen LogP contribution in [0.25, 0.3) is 0 Å². The van der Waals surface area contributed by atoms with E-state index in [9.17, 15) is 4.79 Å². The number of aromatic carboxylic acids is 1. The number of benzene rings is 1. The molecule has 0 bridgehead atoms. The second-order valence-corrected chi connectivity index (χ2v) is 4.43. The summed E-state index contributed by atoms with van der Waals surface area (Å²) in [6.45, 7) is 6.01. The van der Waals surface area contributed by atoms with E-state index in [4.69, 9.17) is 19.3 Å². The minimum atomic E-state index is -0.951. The quantitative estimate of drug-likeness (QED) is 0.529. The van der Waals surface area contributed by atoms with Crippen LogP contribution in [0.15, 0.2) is 29.3 Å². The predicted molar refractivity (Wildman–Crippen MR) is 79.3 cm³/mol. The molecule has 116 valence electrons. The van der Waals surface area contributed by atoms with Crippen LogP contribution in [-0.2, 0) is 9.47 Å². The van der Waals surface area contributed by atoms with Crippen molar-refractivity contribution in [3.05, 3.63) is 29.8 Å². The second kappa shape index (κ2) is 9.90. The highest BCUT2D eigenvalue weighted by Gasteiger charge is 2.01. The largest absolute Gasteiger partial charge is 0.491 e. The fourth-order valence-electron chi connectivity index (χ4n) is 1.37. The Bertz CT molecular complexity index is 452. The smallest absolute Gasteiger partial charge is 0.335 e. The van der Waals surface area contributed by atoms with Crippen LogP contribution in [0.4, 0.5) is 0 Å². The number of carboxylic acids is 1. The van der Waals surface area contributed by atoms with Crippen molar-refractivity contribution in [2.45, 2.75) is 13.8 Å². The van der Waals surface area contributed by atoms with Crippen LogP contribution in [0.3, 0.4) is 0 Å². The molecule has 0 aliphatic carbocycles. The van der Waals surface area contributed by atoms with E-state index in [2.05, 4.69) is 4.99 Å². The zero-order valence-electron chi connectivity index (χ0n) is 12.4. The molecule has 0 saturated heterocycles. The number of hydrogen-bond acceptors (Lipinski definition) is 5. The highest BCUT2D eigenvalue weighted by Crippen LogP contribution is 2.11. The van der Waals surface area contributed by atoms with Crippen LogP contribution in [0.1, 0.15) is 24.2 Å². The number of carboxylic acid groups (broad SMARTS) is 1. The Labute approximate surface area is 124 Å². The Hall–Kier alpha value is -1.92. The second-order valence-electron chi connectivity index (χ2n) is 4.43. The van der Waals surface area contributed by atoms with Gasteiger partial charge in [0.1, 0.15) is 19.1 Å². The normalized spacial score (nSPS) is 10.2. The minimum absolute atomic E-state index is 0.237. The summed E-state index contributed by atoms with van der Waals surface area (Å²) in [5.74, 6) is -0.333. The standard InChI is InChI=1S/C15H21NO5/c1-12(2)16-11-20-8-7-19-9-10-21-14-5-3-13(4-6-14)15(17)18/h3-6H,7-11H2,1-2H3,(H,17,18). The summed E-state index contributed by atoms with van der Waals surface area (Å²) in [6, 6.07) is 6.25. The lowest BCUT2D eigenvalue weighted by atomic mass is 10.2. The van der Waals surface area contributed by atoms with Crippen LogP contribution in [0.2, 0.25) is 0 Å². The molecule has 0 aliphatic rings. The number of aliphatic imine (C=N–C) groups is 1. The van der Waals surface area contributed by atoms with Crippen molar-refractivity contribution in [2.24, 2.45) is 4.99 Å². The van der Waals surface area contributed by atoms with Gasteiger partial charge < -0.3 is 19.3 Å². The van der Waals surface area contributed by atoms with Crippen molar-refractivity contribution in [3.8, 4) is 5.75 Å². The van der Waals surface area contributed by atoms with Gasteiger partial charge in [-0.25, -0.2) is 4.79 Å². The van der Waals surface area contributed by atoms with Crippen LogP contribution in [-0.4, -0.2) is 49.9 Å². The number of ether oxygens (including phenoxy) is 3. The van der Waals surface area contributed by atoms with E-state index in [1.54, 1.807) is 12.1 Å². The van der Waals surface area contributed by atoms with E-state index in [1.807, 2.05) is 13.8 Å². The van der Waals surface area contributed by atoms with Gasteiger partial charge in [0.15, 0.2) is 0 Å². The Morgan fingerprint density at radius 1 is 1.05 bits per heavy atom. The zero-order valence-corrected chi connectivity index (χ0v) is 12.4. The monoisotopic (exact) mass is 295 g/mol. The molecule has 0 aromatic heterocycles. The highest BCUT2D eigenvalue weighted by molar-refractivity contribution is 5.87. The first-order chi connectivity index (χ1) is 10.1. The average molecular weight is 295 g/mol. The molecule has 0 saturated carbocycles. The van der Waals surface area contributed by atoms with Gasteiger partial charge in [0, 0.05) is 5.71 Å². The van der Waals surface area contributed by atoms with Crippen molar-refractivity contribution in [2.75, 3.05) is 33.2 Å².